The number of nitrogens with zero attached hydrogens (tertiary/aromatic N) is 2. The Morgan fingerprint density at radius 3 is 2.46 bits per heavy atom. The number of carbonyl (C=O) groups is 3. The summed E-state index contributed by atoms with van der Waals surface area (Å²) >= 11 is 0. The van der Waals surface area contributed by atoms with Gasteiger partial charge in [0.05, 0.1) is 30.3 Å². The molecule has 2 saturated heterocycles. The number of unbranched alkanes of at least 4 members (excludes halogenated alkanes) is 1. The molecule has 0 bridgehead atoms. The number of anilines is 1. The SMILES string of the molecule is CCCCOC(=O)c1ccc(N2C(=O)CC(N3CCCCC3)C2=O)cc1. The summed E-state index contributed by atoms with van der Waals surface area (Å²) in [4.78, 5) is 40.5. The second-order valence-electron chi connectivity index (χ2n) is 6.92. The van der Waals surface area contributed by atoms with Crippen molar-refractivity contribution in [2.24, 2.45) is 0 Å². The third kappa shape index (κ3) is 3.96. The van der Waals surface area contributed by atoms with Crippen LogP contribution in [0.2, 0.25) is 0 Å². The van der Waals surface area contributed by atoms with E-state index in [2.05, 4.69) is 4.90 Å². The lowest BCUT2D eigenvalue weighted by atomic mass is 10.1. The lowest BCUT2D eigenvalue weighted by Gasteiger charge is -2.30. The van der Waals surface area contributed by atoms with Crippen LogP contribution in [0.5, 0.6) is 0 Å². The third-order valence-electron chi connectivity index (χ3n) is 5.05. The summed E-state index contributed by atoms with van der Waals surface area (Å²) < 4.78 is 5.18. The monoisotopic (exact) mass is 358 g/mol. The van der Waals surface area contributed by atoms with E-state index in [9.17, 15) is 14.4 Å². The van der Waals surface area contributed by atoms with Gasteiger partial charge >= 0.3 is 5.97 Å². The van der Waals surface area contributed by atoms with E-state index in [0.29, 0.717) is 17.9 Å². The van der Waals surface area contributed by atoms with Crippen LogP contribution in [0.25, 0.3) is 0 Å². The van der Waals surface area contributed by atoms with Crippen molar-refractivity contribution in [1.82, 2.24) is 4.90 Å². The average molecular weight is 358 g/mol. The highest BCUT2D eigenvalue weighted by Crippen LogP contribution is 2.27. The highest BCUT2D eigenvalue weighted by molar-refractivity contribution is 6.22. The van der Waals surface area contributed by atoms with Gasteiger partial charge in [-0.15, -0.1) is 0 Å². The molecule has 6 heteroatoms. The number of benzene rings is 1. The van der Waals surface area contributed by atoms with E-state index in [1.807, 2.05) is 6.92 Å². The highest BCUT2D eigenvalue weighted by Gasteiger charge is 2.42. The van der Waals surface area contributed by atoms with Crippen molar-refractivity contribution < 1.29 is 19.1 Å². The van der Waals surface area contributed by atoms with E-state index in [4.69, 9.17) is 4.74 Å². The van der Waals surface area contributed by atoms with Crippen molar-refractivity contribution >= 4 is 23.5 Å². The van der Waals surface area contributed by atoms with Gasteiger partial charge in [-0.2, -0.15) is 0 Å². The maximum absolute atomic E-state index is 12.8. The van der Waals surface area contributed by atoms with Crippen molar-refractivity contribution in [2.75, 3.05) is 24.6 Å². The Kier molecular flexibility index (Phi) is 6.04. The van der Waals surface area contributed by atoms with Gasteiger partial charge in [-0.25, -0.2) is 9.69 Å². The fourth-order valence-corrected chi connectivity index (χ4v) is 3.54. The number of amides is 2. The van der Waals surface area contributed by atoms with E-state index >= 15 is 0 Å². The van der Waals surface area contributed by atoms with Crippen LogP contribution in [0.15, 0.2) is 24.3 Å². The molecule has 0 saturated carbocycles. The maximum atomic E-state index is 12.8. The largest absolute Gasteiger partial charge is 0.462 e. The van der Waals surface area contributed by atoms with Gasteiger partial charge in [0.15, 0.2) is 0 Å². The van der Waals surface area contributed by atoms with Gasteiger partial charge in [-0.05, 0) is 56.6 Å². The minimum Gasteiger partial charge on any atom is -0.462 e. The number of esters is 1. The zero-order valence-corrected chi connectivity index (χ0v) is 15.3. The Morgan fingerprint density at radius 2 is 1.81 bits per heavy atom. The molecule has 26 heavy (non-hydrogen) atoms. The third-order valence-corrected chi connectivity index (χ3v) is 5.05. The molecule has 2 heterocycles. The number of ether oxygens (including phenoxy) is 1. The van der Waals surface area contributed by atoms with Crippen LogP contribution < -0.4 is 4.90 Å². The van der Waals surface area contributed by atoms with Crippen LogP contribution in [0, 0.1) is 0 Å². The van der Waals surface area contributed by atoms with Crippen molar-refractivity contribution in [3.63, 3.8) is 0 Å². The zero-order valence-electron chi connectivity index (χ0n) is 15.3. The molecule has 2 fully saturated rings. The highest BCUT2D eigenvalue weighted by atomic mass is 16.5. The predicted octanol–water partition coefficient (Wildman–Crippen LogP) is 2.76. The lowest BCUT2D eigenvalue weighted by molar-refractivity contribution is -0.123. The quantitative estimate of drug-likeness (QED) is 0.444. The van der Waals surface area contributed by atoms with E-state index < -0.39 is 0 Å². The van der Waals surface area contributed by atoms with Crippen LogP contribution in [-0.4, -0.2) is 48.4 Å². The van der Waals surface area contributed by atoms with Gasteiger partial charge in [0, 0.05) is 0 Å². The Hall–Kier alpha value is -2.21. The van der Waals surface area contributed by atoms with Gasteiger partial charge in [-0.1, -0.05) is 19.8 Å². The fourth-order valence-electron chi connectivity index (χ4n) is 3.54. The predicted molar refractivity (Wildman–Crippen MR) is 98.0 cm³/mol. The van der Waals surface area contributed by atoms with Crippen LogP contribution in [0.3, 0.4) is 0 Å². The first-order valence-corrected chi connectivity index (χ1v) is 9.50. The number of carbonyl (C=O) groups excluding carboxylic acids is 3. The molecule has 0 radical (unpaired) electrons. The second kappa shape index (κ2) is 8.45. The molecular weight excluding hydrogens is 332 g/mol. The van der Waals surface area contributed by atoms with Gasteiger partial charge in [0.25, 0.3) is 5.91 Å². The molecule has 1 atom stereocenters. The molecular formula is C20H26N2O4. The smallest absolute Gasteiger partial charge is 0.338 e. The van der Waals surface area contributed by atoms with E-state index in [1.54, 1.807) is 24.3 Å². The Labute approximate surface area is 154 Å². The molecule has 0 spiro atoms. The van der Waals surface area contributed by atoms with Crippen molar-refractivity contribution in [2.45, 2.75) is 51.5 Å². The molecule has 2 aliphatic rings. The number of imide groups is 1. The normalized spacial score (nSPS) is 21.3. The Morgan fingerprint density at radius 1 is 1.12 bits per heavy atom. The standard InChI is InChI=1S/C20H26N2O4/c1-2-3-13-26-20(25)15-7-9-16(10-8-15)22-18(23)14-17(19(22)24)21-11-5-4-6-12-21/h7-10,17H,2-6,11-14H2,1H3. The van der Waals surface area contributed by atoms with Gasteiger partial charge < -0.3 is 4.74 Å². The Bertz CT molecular complexity index is 665. The summed E-state index contributed by atoms with van der Waals surface area (Å²) in [6.07, 6.45) is 5.37. The van der Waals surface area contributed by atoms with E-state index in [0.717, 1.165) is 38.8 Å². The van der Waals surface area contributed by atoms with E-state index in [-0.39, 0.29) is 30.2 Å². The molecule has 2 amide bonds. The number of piperidine rings is 1. The molecule has 1 aromatic carbocycles. The van der Waals surface area contributed by atoms with Crippen LogP contribution in [0.4, 0.5) is 5.69 Å². The van der Waals surface area contributed by atoms with Gasteiger partial charge in [0.1, 0.15) is 0 Å². The van der Waals surface area contributed by atoms with Crippen LogP contribution in [-0.2, 0) is 14.3 Å². The van der Waals surface area contributed by atoms with Crippen LogP contribution in [0.1, 0.15) is 55.8 Å². The molecule has 1 unspecified atom stereocenters. The maximum Gasteiger partial charge on any atom is 0.338 e. The first-order chi connectivity index (χ1) is 12.6. The molecule has 0 aliphatic carbocycles. The van der Waals surface area contributed by atoms with Gasteiger partial charge in [0.2, 0.25) is 5.91 Å². The molecule has 1 aromatic rings. The molecule has 0 aromatic heterocycles. The van der Waals surface area contributed by atoms with Crippen molar-refractivity contribution in [3.05, 3.63) is 29.8 Å². The van der Waals surface area contributed by atoms with Gasteiger partial charge in [-0.3, -0.25) is 14.5 Å². The zero-order chi connectivity index (χ0) is 18.5. The lowest BCUT2D eigenvalue weighted by Crippen LogP contribution is -2.44. The molecule has 2 aliphatic heterocycles. The fraction of sp³-hybridized carbons (Fsp3) is 0.550. The number of hydrogen-bond donors (Lipinski definition) is 0. The summed E-state index contributed by atoms with van der Waals surface area (Å²) in [6.45, 7) is 4.18. The number of hydrogen-bond acceptors (Lipinski definition) is 5. The molecule has 140 valence electrons. The summed E-state index contributed by atoms with van der Waals surface area (Å²) in [5, 5.41) is 0. The second-order valence-corrected chi connectivity index (χ2v) is 6.92. The topological polar surface area (TPSA) is 66.9 Å². The average Bonchev–Trinajstić information content (AvgIpc) is 2.97. The summed E-state index contributed by atoms with van der Waals surface area (Å²) in [5.74, 6) is -0.714. The first kappa shape index (κ1) is 18.6. The Balaban J connectivity index is 1.67. The first-order valence-electron chi connectivity index (χ1n) is 9.50. The molecule has 3 rings (SSSR count). The molecule has 0 N–H and O–H groups in total. The number of likely N-dealkylation sites (tertiary alicyclic amines) is 1. The minimum atomic E-state index is -0.379. The van der Waals surface area contributed by atoms with Crippen LogP contribution >= 0.6 is 0 Å². The van der Waals surface area contributed by atoms with Crippen molar-refractivity contribution in [1.29, 1.82) is 0 Å². The minimum absolute atomic E-state index is 0.157. The number of rotatable bonds is 6. The summed E-state index contributed by atoms with van der Waals surface area (Å²) in [5.41, 5.74) is 0.946. The van der Waals surface area contributed by atoms with E-state index in [1.165, 1.54) is 11.3 Å². The van der Waals surface area contributed by atoms with Crippen molar-refractivity contribution in [3.8, 4) is 0 Å². The molecule has 6 nitrogen and oxygen atoms in total. The summed E-state index contributed by atoms with van der Waals surface area (Å²) in [6, 6.07) is 6.16. The summed E-state index contributed by atoms with van der Waals surface area (Å²) in [7, 11) is 0.